The van der Waals surface area contributed by atoms with E-state index in [2.05, 4.69) is 51.8 Å². The standard InChI is InChI=1S/C23H26N4O/c1-5-18-6-8-19(9-7-18)17(4)26-22(28)20-10-12-21(13-11-20)27-23-24-15(2)14-16(3)25-23/h6-14,17H,5H2,1-4H3,(H,26,28)(H,24,25,27). The van der Waals surface area contributed by atoms with E-state index in [9.17, 15) is 4.79 Å². The number of aryl methyl sites for hydroxylation is 3. The van der Waals surface area contributed by atoms with Gasteiger partial charge < -0.3 is 10.6 Å². The molecule has 0 fully saturated rings. The average molecular weight is 374 g/mol. The smallest absolute Gasteiger partial charge is 0.251 e. The monoisotopic (exact) mass is 374 g/mol. The number of nitrogens with one attached hydrogen (secondary N) is 2. The van der Waals surface area contributed by atoms with Crippen LogP contribution in [-0.2, 0) is 6.42 Å². The molecule has 2 aromatic carbocycles. The molecule has 3 rings (SSSR count). The van der Waals surface area contributed by atoms with Gasteiger partial charge in [0.1, 0.15) is 0 Å². The molecule has 1 heterocycles. The number of aromatic nitrogens is 2. The number of benzene rings is 2. The summed E-state index contributed by atoms with van der Waals surface area (Å²) in [6.45, 7) is 7.99. The van der Waals surface area contributed by atoms with Crippen molar-refractivity contribution in [3.05, 3.63) is 82.7 Å². The Morgan fingerprint density at radius 3 is 2.14 bits per heavy atom. The Bertz CT molecular complexity index is 929. The molecule has 1 atom stereocenters. The molecule has 0 saturated heterocycles. The lowest BCUT2D eigenvalue weighted by Gasteiger charge is -2.15. The Balaban J connectivity index is 1.64. The summed E-state index contributed by atoms with van der Waals surface area (Å²) in [6, 6.07) is 17.5. The Morgan fingerprint density at radius 1 is 0.964 bits per heavy atom. The van der Waals surface area contributed by atoms with Crippen molar-refractivity contribution in [3.8, 4) is 0 Å². The molecule has 0 spiro atoms. The second-order valence-electron chi connectivity index (χ2n) is 6.97. The lowest BCUT2D eigenvalue weighted by atomic mass is 10.0. The number of hydrogen-bond donors (Lipinski definition) is 2. The fraction of sp³-hybridized carbons (Fsp3) is 0.261. The third-order valence-electron chi connectivity index (χ3n) is 4.62. The van der Waals surface area contributed by atoms with E-state index >= 15 is 0 Å². The Kier molecular flexibility index (Phi) is 6.04. The fourth-order valence-corrected chi connectivity index (χ4v) is 3.02. The number of nitrogens with zero attached hydrogens (tertiary/aromatic N) is 2. The summed E-state index contributed by atoms with van der Waals surface area (Å²) in [6.07, 6.45) is 1.01. The van der Waals surface area contributed by atoms with Crippen molar-refractivity contribution < 1.29 is 4.79 Å². The first-order chi connectivity index (χ1) is 13.4. The van der Waals surface area contributed by atoms with Gasteiger partial charge in [-0.05, 0) is 68.7 Å². The molecule has 1 aromatic heterocycles. The van der Waals surface area contributed by atoms with E-state index in [-0.39, 0.29) is 11.9 Å². The van der Waals surface area contributed by atoms with Gasteiger partial charge in [0.2, 0.25) is 5.95 Å². The van der Waals surface area contributed by atoms with Crippen LogP contribution < -0.4 is 10.6 Å². The molecule has 0 aliphatic rings. The lowest BCUT2D eigenvalue weighted by molar-refractivity contribution is 0.0940. The highest BCUT2D eigenvalue weighted by Crippen LogP contribution is 2.17. The third kappa shape index (κ3) is 4.94. The number of rotatable bonds is 6. The molecule has 5 heteroatoms. The number of anilines is 2. The first-order valence-corrected chi connectivity index (χ1v) is 9.53. The van der Waals surface area contributed by atoms with Gasteiger partial charge >= 0.3 is 0 Å². The normalized spacial score (nSPS) is 11.7. The van der Waals surface area contributed by atoms with Crippen LogP contribution in [0.4, 0.5) is 11.6 Å². The first-order valence-electron chi connectivity index (χ1n) is 9.53. The Hall–Kier alpha value is -3.21. The number of carbonyl (C=O) groups excluding carboxylic acids is 1. The van der Waals surface area contributed by atoms with Crippen LogP contribution in [0.3, 0.4) is 0 Å². The van der Waals surface area contributed by atoms with E-state index < -0.39 is 0 Å². The van der Waals surface area contributed by atoms with Gasteiger partial charge in [-0.1, -0.05) is 31.2 Å². The summed E-state index contributed by atoms with van der Waals surface area (Å²) in [5.41, 5.74) is 5.65. The molecule has 1 unspecified atom stereocenters. The summed E-state index contributed by atoms with van der Waals surface area (Å²) >= 11 is 0. The largest absolute Gasteiger partial charge is 0.346 e. The molecule has 2 N–H and O–H groups in total. The van der Waals surface area contributed by atoms with Crippen LogP contribution in [0, 0.1) is 13.8 Å². The minimum Gasteiger partial charge on any atom is -0.346 e. The van der Waals surface area contributed by atoms with Crippen molar-refractivity contribution in [1.29, 1.82) is 0 Å². The van der Waals surface area contributed by atoms with Crippen molar-refractivity contribution in [3.63, 3.8) is 0 Å². The summed E-state index contributed by atoms with van der Waals surface area (Å²) in [7, 11) is 0. The SMILES string of the molecule is CCc1ccc(C(C)NC(=O)c2ccc(Nc3nc(C)cc(C)n3)cc2)cc1. The summed E-state index contributed by atoms with van der Waals surface area (Å²) in [5, 5.41) is 6.23. The van der Waals surface area contributed by atoms with E-state index in [1.54, 1.807) is 12.1 Å². The van der Waals surface area contributed by atoms with Crippen LogP contribution in [0.25, 0.3) is 0 Å². The van der Waals surface area contributed by atoms with Crippen LogP contribution >= 0.6 is 0 Å². The topological polar surface area (TPSA) is 66.9 Å². The highest BCUT2D eigenvalue weighted by atomic mass is 16.1. The molecule has 144 valence electrons. The van der Waals surface area contributed by atoms with Gasteiger partial charge in [0, 0.05) is 22.6 Å². The molecule has 0 aliphatic carbocycles. The van der Waals surface area contributed by atoms with Gasteiger partial charge in [-0.15, -0.1) is 0 Å². The van der Waals surface area contributed by atoms with E-state index in [0.717, 1.165) is 29.1 Å². The van der Waals surface area contributed by atoms with Crippen molar-refractivity contribution >= 4 is 17.5 Å². The van der Waals surface area contributed by atoms with Crippen LogP contribution in [0.5, 0.6) is 0 Å². The van der Waals surface area contributed by atoms with Crippen molar-refractivity contribution in [2.24, 2.45) is 0 Å². The highest BCUT2D eigenvalue weighted by Gasteiger charge is 2.11. The highest BCUT2D eigenvalue weighted by molar-refractivity contribution is 5.94. The van der Waals surface area contributed by atoms with E-state index in [4.69, 9.17) is 0 Å². The molecule has 28 heavy (non-hydrogen) atoms. The zero-order valence-electron chi connectivity index (χ0n) is 16.8. The van der Waals surface area contributed by atoms with Crippen LogP contribution in [0.15, 0.2) is 54.6 Å². The molecule has 3 aromatic rings. The van der Waals surface area contributed by atoms with Gasteiger partial charge in [0.15, 0.2) is 0 Å². The predicted molar refractivity (Wildman–Crippen MR) is 113 cm³/mol. The number of amides is 1. The minimum atomic E-state index is -0.0960. The molecule has 0 radical (unpaired) electrons. The second kappa shape index (κ2) is 8.65. The average Bonchev–Trinajstić information content (AvgIpc) is 2.67. The van der Waals surface area contributed by atoms with Gasteiger partial charge in [-0.3, -0.25) is 4.79 Å². The third-order valence-corrected chi connectivity index (χ3v) is 4.62. The predicted octanol–water partition coefficient (Wildman–Crippen LogP) is 4.89. The van der Waals surface area contributed by atoms with E-state index in [1.165, 1.54) is 5.56 Å². The van der Waals surface area contributed by atoms with Crippen LogP contribution in [0.1, 0.15) is 52.8 Å². The lowest BCUT2D eigenvalue weighted by Crippen LogP contribution is -2.26. The van der Waals surface area contributed by atoms with Crippen molar-refractivity contribution in [2.45, 2.75) is 40.2 Å². The quantitative estimate of drug-likeness (QED) is 0.645. The van der Waals surface area contributed by atoms with Gasteiger partial charge in [-0.2, -0.15) is 0 Å². The molecule has 0 saturated carbocycles. The van der Waals surface area contributed by atoms with Crippen molar-refractivity contribution in [2.75, 3.05) is 5.32 Å². The van der Waals surface area contributed by atoms with Crippen LogP contribution in [-0.4, -0.2) is 15.9 Å². The van der Waals surface area contributed by atoms with Gasteiger partial charge in [0.05, 0.1) is 6.04 Å². The molecule has 0 bridgehead atoms. The Morgan fingerprint density at radius 2 is 1.57 bits per heavy atom. The minimum absolute atomic E-state index is 0.0557. The maximum atomic E-state index is 12.6. The number of carbonyl (C=O) groups is 1. The van der Waals surface area contributed by atoms with E-state index in [0.29, 0.717) is 11.5 Å². The maximum absolute atomic E-state index is 12.6. The zero-order valence-corrected chi connectivity index (χ0v) is 16.8. The van der Waals surface area contributed by atoms with Crippen LogP contribution in [0.2, 0.25) is 0 Å². The molecule has 5 nitrogen and oxygen atoms in total. The fourth-order valence-electron chi connectivity index (χ4n) is 3.02. The second-order valence-corrected chi connectivity index (χ2v) is 6.97. The number of hydrogen-bond acceptors (Lipinski definition) is 4. The maximum Gasteiger partial charge on any atom is 0.251 e. The summed E-state index contributed by atoms with van der Waals surface area (Å²) in [5.74, 6) is 0.458. The molecule has 1 amide bonds. The van der Waals surface area contributed by atoms with Gasteiger partial charge in [0.25, 0.3) is 5.91 Å². The van der Waals surface area contributed by atoms with Gasteiger partial charge in [-0.25, -0.2) is 9.97 Å². The summed E-state index contributed by atoms with van der Waals surface area (Å²) < 4.78 is 0. The molecular weight excluding hydrogens is 348 g/mol. The van der Waals surface area contributed by atoms with E-state index in [1.807, 2.05) is 39.0 Å². The first kappa shape index (κ1) is 19.5. The molecule has 0 aliphatic heterocycles. The molecular formula is C23H26N4O. The Labute approximate surface area is 166 Å². The zero-order chi connectivity index (χ0) is 20.1. The van der Waals surface area contributed by atoms with Crippen molar-refractivity contribution in [1.82, 2.24) is 15.3 Å². The summed E-state index contributed by atoms with van der Waals surface area (Å²) in [4.78, 5) is 21.3.